The minimum absolute atomic E-state index is 0.575. The van der Waals surface area contributed by atoms with E-state index < -0.39 is 0 Å². The van der Waals surface area contributed by atoms with E-state index in [9.17, 15) is 0 Å². The first kappa shape index (κ1) is 12.9. The van der Waals surface area contributed by atoms with E-state index in [-0.39, 0.29) is 0 Å². The highest BCUT2D eigenvalue weighted by atomic mass is 35.5. The van der Waals surface area contributed by atoms with E-state index in [1.807, 2.05) is 0 Å². The first-order chi connectivity index (χ1) is 8.33. The lowest BCUT2D eigenvalue weighted by atomic mass is 9.84. The smallest absolute Gasteiger partial charge is 0.0827 e. The van der Waals surface area contributed by atoms with Gasteiger partial charge in [0.1, 0.15) is 0 Å². The van der Waals surface area contributed by atoms with Crippen LogP contribution in [0.1, 0.15) is 57.2 Å². The average molecular weight is 256 g/mol. The number of nitrogens with zero attached hydrogens (tertiary/aromatic N) is 3. The van der Waals surface area contributed by atoms with E-state index >= 15 is 0 Å². The lowest BCUT2D eigenvalue weighted by Gasteiger charge is -2.28. The fourth-order valence-corrected chi connectivity index (χ4v) is 2.86. The van der Waals surface area contributed by atoms with Gasteiger partial charge in [-0.15, -0.1) is 16.7 Å². The van der Waals surface area contributed by atoms with Crippen LogP contribution in [0.25, 0.3) is 0 Å². The van der Waals surface area contributed by atoms with Crippen molar-refractivity contribution in [2.75, 3.05) is 5.88 Å². The lowest BCUT2D eigenvalue weighted by Crippen LogP contribution is -2.19. The second kappa shape index (κ2) is 6.39. The van der Waals surface area contributed by atoms with E-state index in [1.165, 1.54) is 32.1 Å². The largest absolute Gasteiger partial charge is 0.249 e. The highest BCUT2D eigenvalue weighted by Gasteiger charge is 2.22. The molecule has 2 atom stereocenters. The van der Waals surface area contributed by atoms with Crippen LogP contribution in [0.3, 0.4) is 0 Å². The Labute approximate surface area is 109 Å². The Balaban J connectivity index is 1.94. The minimum Gasteiger partial charge on any atom is -0.249 e. The van der Waals surface area contributed by atoms with E-state index in [0.29, 0.717) is 11.9 Å². The van der Waals surface area contributed by atoms with Crippen LogP contribution >= 0.6 is 11.6 Å². The lowest BCUT2D eigenvalue weighted by molar-refractivity contribution is 0.245. The minimum atomic E-state index is 0.575. The van der Waals surface area contributed by atoms with Crippen molar-refractivity contribution in [2.45, 2.75) is 57.9 Å². The van der Waals surface area contributed by atoms with Crippen LogP contribution in [-0.2, 0) is 6.42 Å². The molecule has 0 bridgehead atoms. The molecule has 0 amide bonds. The van der Waals surface area contributed by atoms with Gasteiger partial charge in [0.15, 0.2) is 0 Å². The molecule has 2 unspecified atom stereocenters. The van der Waals surface area contributed by atoms with Crippen molar-refractivity contribution in [3.63, 3.8) is 0 Å². The van der Waals surface area contributed by atoms with Gasteiger partial charge in [0.2, 0.25) is 0 Å². The zero-order valence-corrected chi connectivity index (χ0v) is 11.4. The van der Waals surface area contributed by atoms with Crippen LogP contribution in [0.2, 0.25) is 0 Å². The van der Waals surface area contributed by atoms with Gasteiger partial charge in [0, 0.05) is 12.1 Å². The predicted octanol–water partition coefficient (Wildman–Crippen LogP) is 3.59. The molecule has 1 saturated carbocycles. The summed E-state index contributed by atoms with van der Waals surface area (Å²) in [6.07, 6.45) is 10.6. The van der Waals surface area contributed by atoms with Crippen molar-refractivity contribution in [1.82, 2.24) is 15.0 Å². The molecule has 1 aromatic rings. The van der Waals surface area contributed by atoms with Crippen LogP contribution in [0, 0.1) is 5.92 Å². The first-order valence-electron chi connectivity index (χ1n) is 6.80. The van der Waals surface area contributed by atoms with E-state index in [1.54, 1.807) is 0 Å². The molecule has 4 heteroatoms. The molecule has 0 aromatic carbocycles. The Bertz CT molecular complexity index is 337. The summed E-state index contributed by atoms with van der Waals surface area (Å²) in [4.78, 5) is 0. The standard InChI is InChI=1S/C13H22ClN3/c1-2-11-5-3-7-13(9-11)17-10-12(15-16-17)6-4-8-14/h10-11,13H,2-9H2,1H3. The van der Waals surface area contributed by atoms with Crippen LogP contribution < -0.4 is 0 Å². The van der Waals surface area contributed by atoms with Gasteiger partial charge in [0.05, 0.1) is 11.7 Å². The summed E-state index contributed by atoms with van der Waals surface area (Å²) in [5.74, 6) is 1.58. The van der Waals surface area contributed by atoms with Gasteiger partial charge >= 0.3 is 0 Å². The number of rotatable bonds is 5. The van der Waals surface area contributed by atoms with Gasteiger partial charge in [-0.05, 0) is 31.6 Å². The quantitative estimate of drug-likeness (QED) is 0.753. The first-order valence-corrected chi connectivity index (χ1v) is 7.33. The Morgan fingerprint density at radius 2 is 2.35 bits per heavy atom. The number of aromatic nitrogens is 3. The van der Waals surface area contributed by atoms with Crippen LogP contribution in [0.5, 0.6) is 0 Å². The van der Waals surface area contributed by atoms with Crippen molar-refractivity contribution in [1.29, 1.82) is 0 Å². The summed E-state index contributed by atoms with van der Waals surface area (Å²) < 4.78 is 2.09. The average Bonchev–Trinajstić information content (AvgIpc) is 2.85. The third-order valence-corrected chi connectivity index (χ3v) is 4.10. The molecular weight excluding hydrogens is 234 g/mol. The number of hydrogen-bond donors (Lipinski definition) is 0. The number of aryl methyl sites for hydroxylation is 1. The third kappa shape index (κ3) is 3.44. The van der Waals surface area contributed by atoms with Gasteiger partial charge in [-0.3, -0.25) is 0 Å². The van der Waals surface area contributed by atoms with Crippen LogP contribution in [-0.4, -0.2) is 20.9 Å². The number of halogens is 1. The van der Waals surface area contributed by atoms with Gasteiger partial charge in [-0.25, -0.2) is 4.68 Å². The number of hydrogen-bond acceptors (Lipinski definition) is 2. The maximum absolute atomic E-state index is 5.69. The van der Waals surface area contributed by atoms with Crippen molar-refractivity contribution in [3.8, 4) is 0 Å². The zero-order valence-electron chi connectivity index (χ0n) is 10.6. The topological polar surface area (TPSA) is 30.7 Å². The molecule has 96 valence electrons. The van der Waals surface area contributed by atoms with Gasteiger partial charge in [0.25, 0.3) is 0 Å². The fourth-order valence-electron chi connectivity index (χ4n) is 2.73. The summed E-state index contributed by atoms with van der Waals surface area (Å²) in [5, 5.41) is 8.52. The second-order valence-corrected chi connectivity index (χ2v) is 5.46. The molecule has 1 aliphatic carbocycles. The molecule has 0 radical (unpaired) electrons. The molecule has 1 aromatic heterocycles. The van der Waals surface area contributed by atoms with Crippen LogP contribution in [0.4, 0.5) is 0 Å². The summed E-state index contributed by atoms with van der Waals surface area (Å²) in [5.41, 5.74) is 1.09. The molecule has 1 fully saturated rings. The number of alkyl halides is 1. The summed E-state index contributed by atoms with van der Waals surface area (Å²) in [6, 6.07) is 0.575. The van der Waals surface area contributed by atoms with Gasteiger partial charge in [-0.2, -0.15) is 0 Å². The fraction of sp³-hybridized carbons (Fsp3) is 0.846. The monoisotopic (exact) mass is 255 g/mol. The molecule has 0 spiro atoms. The molecular formula is C13H22ClN3. The zero-order chi connectivity index (χ0) is 12.1. The van der Waals surface area contributed by atoms with Crippen molar-refractivity contribution in [2.24, 2.45) is 5.92 Å². The molecule has 0 saturated heterocycles. The van der Waals surface area contributed by atoms with E-state index in [4.69, 9.17) is 11.6 Å². The summed E-state index contributed by atoms with van der Waals surface area (Å²) >= 11 is 5.69. The SMILES string of the molecule is CCC1CCCC(n2cc(CCCCl)nn2)C1. The maximum atomic E-state index is 5.69. The highest BCUT2D eigenvalue weighted by molar-refractivity contribution is 6.17. The second-order valence-electron chi connectivity index (χ2n) is 5.08. The normalized spacial score (nSPS) is 25.1. The van der Waals surface area contributed by atoms with Crippen molar-refractivity contribution >= 4 is 11.6 Å². The van der Waals surface area contributed by atoms with Crippen molar-refractivity contribution in [3.05, 3.63) is 11.9 Å². The molecule has 1 aliphatic rings. The van der Waals surface area contributed by atoms with Crippen LogP contribution in [0.15, 0.2) is 6.20 Å². The maximum Gasteiger partial charge on any atom is 0.0827 e. The van der Waals surface area contributed by atoms with E-state index in [0.717, 1.165) is 24.5 Å². The summed E-state index contributed by atoms with van der Waals surface area (Å²) in [7, 11) is 0. The Morgan fingerprint density at radius 3 is 3.12 bits per heavy atom. The Kier molecular flexibility index (Phi) is 4.84. The van der Waals surface area contributed by atoms with Gasteiger partial charge < -0.3 is 0 Å². The molecule has 3 nitrogen and oxygen atoms in total. The molecule has 2 rings (SSSR count). The Morgan fingerprint density at radius 1 is 1.47 bits per heavy atom. The summed E-state index contributed by atoms with van der Waals surface area (Å²) in [6.45, 7) is 2.29. The Hall–Kier alpha value is -0.570. The van der Waals surface area contributed by atoms with E-state index in [2.05, 4.69) is 28.1 Å². The molecule has 1 heterocycles. The van der Waals surface area contributed by atoms with Crippen molar-refractivity contribution < 1.29 is 0 Å². The third-order valence-electron chi connectivity index (χ3n) is 3.83. The van der Waals surface area contributed by atoms with Gasteiger partial charge in [-0.1, -0.05) is 31.4 Å². The molecule has 17 heavy (non-hydrogen) atoms. The predicted molar refractivity (Wildman–Crippen MR) is 70.3 cm³/mol. The molecule has 0 aliphatic heterocycles. The molecule has 0 N–H and O–H groups in total. The highest BCUT2D eigenvalue weighted by Crippen LogP contribution is 2.33.